The number of nitrogens with zero attached hydrogens (tertiary/aromatic N) is 1. The Hall–Kier alpha value is -2.30. The van der Waals surface area contributed by atoms with Gasteiger partial charge in [-0.1, -0.05) is 22.9 Å². The number of aromatic nitrogens is 1. The average molecular weight is 288 g/mol. The Kier molecular flexibility index (Phi) is 4.98. The van der Waals surface area contributed by atoms with Gasteiger partial charge >= 0.3 is 0 Å². The van der Waals surface area contributed by atoms with Crippen LogP contribution in [0.25, 0.3) is 0 Å². The van der Waals surface area contributed by atoms with Gasteiger partial charge in [-0.05, 0) is 32.9 Å². The molecule has 1 N–H and O–H groups in total. The summed E-state index contributed by atoms with van der Waals surface area (Å²) < 4.78 is 10.6. The third kappa shape index (κ3) is 4.34. The largest absolute Gasteiger partial charge is 0.492 e. The quantitative estimate of drug-likeness (QED) is 0.829. The summed E-state index contributed by atoms with van der Waals surface area (Å²) >= 11 is 0. The highest BCUT2D eigenvalue weighted by molar-refractivity contribution is 5.78. The zero-order valence-electron chi connectivity index (χ0n) is 12.6. The Balaban J connectivity index is 1.71. The predicted octanol–water partition coefficient (Wildman–Crippen LogP) is 2.34. The first-order valence-corrected chi connectivity index (χ1v) is 6.94. The second kappa shape index (κ2) is 6.92. The van der Waals surface area contributed by atoms with Gasteiger partial charge in [-0.15, -0.1) is 0 Å². The summed E-state index contributed by atoms with van der Waals surface area (Å²) in [5, 5.41) is 6.66. The minimum atomic E-state index is -0.0584. The summed E-state index contributed by atoms with van der Waals surface area (Å²) in [6.07, 6.45) is 0.283. The number of ether oxygens (including phenoxy) is 1. The highest BCUT2D eigenvalue weighted by Crippen LogP contribution is 2.13. The van der Waals surface area contributed by atoms with E-state index in [1.807, 2.05) is 45.0 Å². The van der Waals surface area contributed by atoms with Crippen LogP contribution in [0.5, 0.6) is 5.75 Å². The molecule has 0 aliphatic carbocycles. The standard InChI is InChI=1S/C16H20N2O3/c1-11-4-6-14(7-5-11)20-9-8-17-16(19)10-15-12(2)18-21-13(15)3/h4-7H,8-10H2,1-3H3,(H,17,19). The monoisotopic (exact) mass is 288 g/mol. The molecule has 5 heteroatoms. The van der Waals surface area contributed by atoms with E-state index in [0.29, 0.717) is 18.9 Å². The highest BCUT2D eigenvalue weighted by atomic mass is 16.5. The Morgan fingerprint density at radius 2 is 1.95 bits per heavy atom. The summed E-state index contributed by atoms with van der Waals surface area (Å²) in [7, 11) is 0. The van der Waals surface area contributed by atoms with Crippen molar-refractivity contribution >= 4 is 5.91 Å². The molecule has 0 unspecified atom stereocenters. The molecule has 1 aromatic carbocycles. The van der Waals surface area contributed by atoms with Gasteiger partial charge in [0.15, 0.2) is 0 Å². The number of hydrogen-bond acceptors (Lipinski definition) is 4. The molecular weight excluding hydrogens is 268 g/mol. The van der Waals surface area contributed by atoms with Crippen molar-refractivity contribution in [2.24, 2.45) is 0 Å². The van der Waals surface area contributed by atoms with Crippen LogP contribution >= 0.6 is 0 Å². The van der Waals surface area contributed by atoms with Crippen LogP contribution in [0, 0.1) is 20.8 Å². The van der Waals surface area contributed by atoms with E-state index in [1.54, 1.807) is 0 Å². The number of carbonyl (C=O) groups is 1. The van der Waals surface area contributed by atoms with E-state index in [1.165, 1.54) is 5.56 Å². The summed E-state index contributed by atoms with van der Waals surface area (Å²) in [5.41, 5.74) is 2.81. The van der Waals surface area contributed by atoms with Gasteiger partial charge in [-0.2, -0.15) is 0 Å². The maximum Gasteiger partial charge on any atom is 0.224 e. The third-order valence-corrected chi connectivity index (χ3v) is 3.23. The van der Waals surface area contributed by atoms with Crippen LogP contribution in [0.15, 0.2) is 28.8 Å². The number of amides is 1. The molecule has 0 aliphatic heterocycles. The SMILES string of the molecule is Cc1ccc(OCCNC(=O)Cc2c(C)noc2C)cc1. The molecule has 0 spiro atoms. The molecular formula is C16H20N2O3. The number of aryl methyl sites for hydroxylation is 3. The Morgan fingerprint density at radius 1 is 1.24 bits per heavy atom. The molecule has 0 fully saturated rings. The first-order valence-electron chi connectivity index (χ1n) is 6.94. The minimum Gasteiger partial charge on any atom is -0.492 e. The first kappa shape index (κ1) is 15.1. The normalized spacial score (nSPS) is 10.4. The molecule has 0 saturated carbocycles. The highest BCUT2D eigenvalue weighted by Gasteiger charge is 2.12. The van der Waals surface area contributed by atoms with E-state index >= 15 is 0 Å². The topological polar surface area (TPSA) is 64.4 Å². The number of rotatable bonds is 6. The van der Waals surface area contributed by atoms with Crippen molar-refractivity contribution in [1.29, 1.82) is 0 Å². The predicted molar refractivity (Wildman–Crippen MR) is 79.4 cm³/mol. The van der Waals surface area contributed by atoms with E-state index in [2.05, 4.69) is 10.5 Å². The maximum absolute atomic E-state index is 11.8. The molecule has 112 valence electrons. The second-order valence-electron chi connectivity index (χ2n) is 4.99. The molecule has 0 atom stereocenters. The number of hydrogen-bond donors (Lipinski definition) is 1. The van der Waals surface area contributed by atoms with Crippen molar-refractivity contribution in [3.05, 3.63) is 46.8 Å². The first-order chi connectivity index (χ1) is 10.1. The minimum absolute atomic E-state index is 0.0584. The van der Waals surface area contributed by atoms with Crippen molar-refractivity contribution < 1.29 is 14.1 Å². The maximum atomic E-state index is 11.8. The lowest BCUT2D eigenvalue weighted by molar-refractivity contribution is -0.120. The van der Waals surface area contributed by atoms with Crippen LogP contribution in [0.2, 0.25) is 0 Å². The number of benzene rings is 1. The Labute approximate surface area is 124 Å². The second-order valence-corrected chi connectivity index (χ2v) is 4.99. The van der Waals surface area contributed by atoms with Crippen LogP contribution in [0.3, 0.4) is 0 Å². The smallest absolute Gasteiger partial charge is 0.224 e. The number of nitrogens with one attached hydrogen (secondary N) is 1. The van der Waals surface area contributed by atoms with Crippen LogP contribution in [0.4, 0.5) is 0 Å². The average Bonchev–Trinajstić information content (AvgIpc) is 2.77. The van der Waals surface area contributed by atoms with Gasteiger partial charge in [0, 0.05) is 5.56 Å². The zero-order chi connectivity index (χ0) is 15.2. The summed E-state index contributed by atoms with van der Waals surface area (Å²) in [4.78, 5) is 11.8. The lowest BCUT2D eigenvalue weighted by Crippen LogP contribution is -2.29. The van der Waals surface area contributed by atoms with E-state index < -0.39 is 0 Å². The van der Waals surface area contributed by atoms with Crippen LogP contribution in [-0.2, 0) is 11.2 Å². The van der Waals surface area contributed by atoms with E-state index in [9.17, 15) is 4.79 Å². The van der Waals surface area contributed by atoms with E-state index in [4.69, 9.17) is 9.26 Å². The lowest BCUT2D eigenvalue weighted by atomic mass is 10.1. The molecule has 1 amide bonds. The third-order valence-electron chi connectivity index (χ3n) is 3.23. The van der Waals surface area contributed by atoms with E-state index in [0.717, 1.165) is 17.0 Å². The molecule has 0 bridgehead atoms. The molecule has 1 heterocycles. The lowest BCUT2D eigenvalue weighted by Gasteiger charge is -2.08. The van der Waals surface area contributed by atoms with Gasteiger partial charge in [0.05, 0.1) is 18.7 Å². The molecule has 5 nitrogen and oxygen atoms in total. The molecule has 21 heavy (non-hydrogen) atoms. The van der Waals surface area contributed by atoms with Gasteiger partial charge in [0.25, 0.3) is 0 Å². The molecule has 2 rings (SSSR count). The van der Waals surface area contributed by atoms with Gasteiger partial charge in [-0.3, -0.25) is 4.79 Å². The zero-order valence-corrected chi connectivity index (χ0v) is 12.6. The molecule has 0 aliphatic rings. The summed E-state index contributed by atoms with van der Waals surface area (Å²) in [6.45, 7) is 6.58. The van der Waals surface area contributed by atoms with Crippen LogP contribution in [-0.4, -0.2) is 24.2 Å². The fraction of sp³-hybridized carbons (Fsp3) is 0.375. The van der Waals surface area contributed by atoms with E-state index in [-0.39, 0.29) is 12.3 Å². The van der Waals surface area contributed by atoms with Gasteiger partial charge in [0.1, 0.15) is 18.1 Å². The molecule has 0 radical (unpaired) electrons. The Morgan fingerprint density at radius 3 is 2.57 bits per heavy atom. The molecule has 0 saturated heterocycles. The van der Waals surface area contributed by atoms with Crippen molar-refractivity contribution in [3.8, 4) is 5.75 Å². The fourth-order valence-corrected chi connectivity index (χ4v) is 1.97. The summed E-state index contributed by atoms with van der Waals surface area (Å²) in [6, 6.07) is 7.82. The van der Waals surface area contributed by atoms with Crippen molar-refractivity contribution in [3.63, 3.8) is 0 Å². The van der Waals surface area contributed by atoms with Gasteiger partial charge in [-0.25, -0.2) is 0 Å². The van der Waals surface area contributed by atoms with Crippen molar-refractivity contribution in [2.45, 2.75) is 27.2 Å². The van der Waals surface area contributed by atoms with Gasteiger partial charge < -0.3 is 14.6 Å². The number of carbonyl (C=O) groups excluding carboxylic acids is 1. The summed E-state index contributed by atoms with van der Waals surface area (Å²) in [5.74, 6) is 1.44. The fourth-order valence-electron chi connectivity index (χ4n) is 1.97. The van der Waals surface area contributed by atoms with Crippen molar-refractivity contribution in [2.75, 3.05) is 13.2 Å². The van der Waals surface area contributed by atoms with Crippen LogP contribution in [0.1, 0.15) is 22.6 Å². The van der Waals surface area contributed by atoms with Crippen molar-refractivity contribution in [1.82, 2.24) is 10.5 Å². The molecule has 1 aromatic heterocycles. The Bertz CT molecular complexity index is 583. The van der Waals surface area contributed by atoms with Crippen LogP contribution < -0.4 is 10.1 Å². The molecule has 2 aromatic rings. The van der Waals surface area contributed by atoms with Gasteiger partial charge in [0.2, 0.25) is 5.91 Å².